The van der Waals surface area contributed by atoms with Crippen molar-refractivity contribution in [3.63, 3.8) is 0 Å². The Labute approximate surface area is 232 Å². The number of rotatable bonds is 6. The van der Waals surface area contributed by atoms with Crippen molar-refractivity contribution in [2.24, 2.45) is 0 Å². The third kappa shape index (κ3) is 5.04. The number of nitro benzene ring substituents is 1. The molecule has 8 nitrogen and oxygen atoms in total. The topological polar surface area (TPSA) is 88.7 Å². The molecular weight excluding hydrogens is 603 g/mol. The molecule has 0 bridgehead atoms. The van der Waals surface area contributed by atoms with Crippen LogP contribution in [0.3, 0.4) is 0 Å². The largest absolute Gasteiger partial charge is 0.366 e. The van der Waals surface area contributed by atoms with Gasteiger partial charge in [0.15, 0.2) is 0 Å². The Hall–Kier alpha value is -3.12. The summed E-state index contributed by atoms with van der Waals surface area (Å²) in [6, 6.07) is 15.0. The van der Waals surface area contributed by atoms with E-state index >= 15 is 0 Å². The molecule has 0 radical (unpaired) electrons. The number of hydrogen-bond donors (Lipinski definition) is 0. The number of anilines is 1. The Bertz CT molecular complexity index is 1440. The predicted octanol–water partition coefficient (Wildman–Crippen LogP) is 6.44. The molecule has 0 saturated carbocycles. The zero-order valence-corrected chi connectivity index (χ0v) is 23.4. The van der Waals surface area contributed by atoms with Crippen molar-refractivity contribution in [3.05, 3.63) is 89.6 Å². The monoisotopic (exact) mass is 628 g/mol. The minimum absolute atomic E-state index is 0.0881. The number of amides is 2. The summed E-state index contributed by atoms with van der Waals surface area (Å²) >= 11 is 3.15. The summed E-state index contributed by atoms with van der Waals surface area (Å²) in [5.41, 5.74) is 4.83. The summed E-state index contributed by atoms with van der Waals surface area (Å²) in [6.45, 7) is 5.71. The van der Waals surface area contributed by atoms with Gasteiger partial charge in [0.05, 0.1) is 22.1 Å². The van der Waals surface area contributed by atoms with E-state index in [1.165, 1.54) is 4.90 Å². The number of aryl methyl sites for hydroxylation is 1. The number of thioether (sulfide) groups is 1. The van der Waals surface area contributed by atoms with Gasteiger partial charge in [-0.3, -0.25) is 24.6 Å². The first-order chi connectivity index (χ1) is 17.7. The molecule has 0 atom stereocenters. The standard InChI is InChI=1S/C27H25IN4O4S/c1-17-13-20(14-25-26(33)30(27(34)37-25)16-19-5-7-21(28)8-6-19)18(2)31(17)22-9-10-23(24(15-22)32(35)36)29-11-3-4-12-29/h5-10,13-15H,3-4,11-12,16H2,1-2H3/b25-14-. The summed E-state index contributed by atoms with van der Waals surface area (Å²) in [5, 5.41) is 11.6. The zero-order valence-electron chi connectivity index (χ0n) is 20.4. The molecule has 0 N–H and O–H groups in total. The zero-order chi connectivity index (χ0) is 26.3. The molecule has 1 aromatic heterocycles. The van der Waals surface area contributed by atoms with Gasteiger partial charge in [-0.1, -0.05) is 12.1 Å². The molecule has 2 saturated heterocycles. The number of hydrogen-bond acceptors (Lipinski definition) is 6. The summed E-state index contributed by atoms with van der Waals surface area (Å²) in [6.07, 6.45) is 3.81. The minimum Gasteiger partial charge on any atom is -0.366 e. The van der Waals surface area contributed by atoms with E-state index in [0.717, 1.165) is 63.8 Å². The van der Waals surface area contributed by atoms with Gasteiger partial charge in [-0.15, -0.1) is 0 Å². The Morgan fingerprint density at radius 3 is 2.43 bits per heavy atom. The highest BCUT2D eigenvalue weighted by Gasteiger charge is 2.35. The molecule has 3 heterocycles. The van der Waals surface area contributed by atoms with Crippen LogP contribution >= 0.6 is 34.4 Å². The minimum atomic E-state index is -0.324. The van der Waals surface area contributed by atoms with Crippen LogP contribution in [0.4, 0.5) is 16.2 Å². The van der Waals surface area contributed by atoms with Crippen molar-refractivity contribution in [1.82, 2.24) is 9.47 Å². The highest BCUT2D eigenvalue weighted by atomic mass is 127. The average Bonchev–Trinajstić information content (AvgIpc) is 3.56. The van der Waals surface area contributed by atoms with Gasteiger partial charge in [0.25, 0.3) is 16.8 Å². The third-order valence-electron chi connectivity index (χ3n) is 6.75. The number of nitro groups is 1. The van der Waals surface area contributed by atoms with Gasteiger partial charge in [-0.25, -0.2) is 0 Å². The lowest BCUT2D eigenvalue weighted by Crippen LogP contribution is -2.27. The molecule has 5 rings (SSSR count). The second-order valence-corrected chi connectivity index (χ2v) is 11.4. The summed E-state index contributed by atoms with van der Waals surface area (Å²) < 4.78 is 3.03. The van der Waals surface area contributed by atoms with Gasteiger partial charge >= 0.3 is 0 Å². The predicted molar refractivity (Wildman–Crippen MR) is 154 cm³/mol. The summed E-state index contributed by atoms with van der Waals surface area (Å²) in [4.78, 5) is 41.0. The van der Waals surface area contributed by atoms with Crippen LogP contribution in [-0.4, -0.2) is 38.6 Å². The Balaban J connectivity index is 1.44. The first-order valence-corrected chi connectivity index (χ1v) is 13.8. The molecule has 0 unspecified atom stereocenters. The van der Waals surface area contributed by atoms with Crippen molar-refractivity contribution >= 4 is 62.9 Å². The second kappa shape index (κ2) is 10.3. The van der Waals surface area contributed by atoms with Gasteiger partial charge in [0.1, 0.15) is 5.69 Å². The van der Waals surface area contributed by atoms with E-state index in [2.05, 4.69) is 27.5 Å². The van der Waals surface area contributed by atoms with Crippen molar-refractivity contribution < 1.29 is 14.5 Å². The smallest absolute Gasteiger partial charge is 0.294 e. The normalized spacial score (nSPS) is 16.9. The molecule has 2 aliphatic heterocycles. The molecule has 2 aliphatic rings. The molecule has 190 valence electrons. The van der Waals surface area contributed by atoms with Crippen LogP contribution in [0, 0.1) is 27.5 Å². The maximum Gasteiger partial charge on any atom is 0.294 e. The molecule has 2 fully saturated rings. The Kier molecular flexibility index (Phi) is 7.13. The Morgan fingerprint density at radius 2 is 1.76 bits per heavy atom. The average molecular weight is 628 g/mol. The van der Waals surface area contributed by atoms with Gasteiger partial charge in [-0.2, -0.15) is 0 Å². The van der Waals surface area contributed by atoms with E-state index in [4.69, 9.17) is 0 Å². The maximum atomic E-state index is 13.1. The van der Waals surface area contributed by atoms with E-state index in [9.17, 15) is 19.7 Å². The number of halogens is 1. The number of carbonyl (C=O) groups excluding carboxylic acids is 2. The first-order valence-electron chi connectivity index (χ1n) is 12.0. The van der Waals surface area contributed by atoms with Gasteiger partial charge in [0, 0.05) is 34.1 Å². The van der Waals surface area contributed by atoms with Crippen LogP contribution in [0.1, 0.15) is 35.4 Å². The fourth-order valence-corrected chi connectivity index (χ4v) is 6.09. The SMILES string of the molecule is Cc1cc(/C=C2\SC(=O)N(Cc3ccc(I)cc3)C2=O)c(C)n1-c1ccc(N2CCCC2)c([N+](=O)[O-])c1. The van der Waals surface area contributed by atoms with Crippen LogP contribution in [0.15, 0.2) is 53.4 Å². The number of imide groups is 1. The molecule has 2 aromatic carbocycles. The van der Waals surface area contributed by atoms with E-state index in [-0.39, 0.29) is 28.3 Å². The summed E-state index contributed by atoms with van der Waals surface area (Å²) in [7, 11) is 0. The van der Waals surface area contributed by atoms with E-state index in [0.29, 0.717) is 16.3 Å². The van der Waals surface area contributed by atoms with Crippen LogP contribution in [-0.2, 0) is 11.3 Å². The van der Waals surface area contributed by atoms with Crippen LogP contribution in [0.25, 0.3) is 11.8 Å². The Morgan fingerprint density at radius 1 is 1.05 bits per heavy atom. The summed E-state index contributed by atoms with van der Waals surface area (Å²) in [5.74, 6) is -0.316. The van der Waals surface area contributed by atoms with Crippen molar-refractivity contribution in [1.29, 1.82) is 0 Å². The highest BCUT2D eigenvalue weighted by molar-refractivity contribution is 14.1. The second-order valence-electron chi connectivity index (χ2n) is 9.18. The molecule has 2 amide bonds. The van der Waals surface area contributed by atoms with Crippen LogP contribution in [0.2, 0.25) is 0 Å². The van der Waals surface area contributed by atoms with Gasteiger partial charge in [-0.05, 0) is 109 Å². The molecule has 37 heavy (non-hydrogen) atoms. The van der Waals surface area contributed by atoms with Crippen LogP contribution < -0.4 is 4.90 Å². The number of benzene rings is 2. The first kappa shape index (κ1) is 25.5. The number of aromatic nitrogens is 1. The molecular formula is C27H25IN4O4S. The third-order valence-corrected chi connectivity index (χ3v) is 8.37. The molecule has 0 aliphatic carbocycles. The maximum absolute atomic E-state index is 13.1. The van der Waals surface area contributed by atoms with Crippen molar-refractivity contribution in [3.8, 4) is 5.69 Å². The van der Waals surface area contributed by atoms with Gasteiger partial charge < -0.3 is 9.47 Å². The molecule has 0 spiro atoms. The fraction of sp³-hybridized carbons (Fsp3) is 0.259. The molecule has 3 aromatic rings. The quantitative estimate of drug-likeness (QED) is 0.135. The van der Waals surface area contributed by atoms with E-state index in [1.807, 2.05) is 60.9 Å². The molecule has 10 heteroatoms. The highest BCUT2D eigenvalue weighted by Crippen LogP contribution is 2.36. The lowest BCUT2D eigenvalue weighted by atomic mass is 10.2. The lowest BCUT2D eigenvalue weighted by molar-refractivity contribution is -0.384. The van der Waals surface area contributed by atoms with Gasteiger partial charge in [0.2, 0.25) is 0 Å². The lowest BCUT2D eigenvalue weighted by Gasteiger charge is -2.19. The van der Waals surface area contributed by atoms with Crippen molar-refractivity contribution in [2.75, 3.05) is 18.0 Å². The van der Waals surface area contributed by atoms with E-state index in [1.54, 1.807) is 12.1 Å². The van der Waals surface area contributed by atoms with E-state index < -0.39 is 0 Å². The number of nitrogens with zero attached hydrogens (tertiary/aromatic N) is 4. The van der Waals surface area contributed by atoms with Crippen molar-refractivity contribution in [2.45, 2.75) is 33.2 Å². The fourth-order valence-electron chi connectivity index (χ4n) is 4.90. The van der Waals surface area contributed by atoms with Crippen LogP contribution in [0.5, 0.6) is 0 Å². The number of carbonyl (C=O) groups is 2.